The van der Waals surface area contributed by atoms with Crippen molar-refractivity contribution in [3.8, 4) is 17.0 Å². The normalized spacial score (nSPS) is 14.0. The van der Waals surface area contributed by atoms with E-state index in [1.807, 2.05) is 78.6 Å². The SMILES string of the molecule is CCCCN(CCCC)C(=O)c1cc(C)n(-c2ccc(N[Si]c3ccc(-c4cnco4)cc3)cc2C(=O)N2Cc3ccccc3C[C@H]2CO)n1. The standard InChI is InChI=1S/C39H44N6O4Si/c1-4-6-18-43(19-7-5-2)39(48)35-20-27(3)45(41-35)36-17-14-31(42-50-33-15-12-28(13-16-33)37-23-40-26-49-37)22-34(36)38(47)44-24-30-11-9-8-10-29(30)21-32(44)25-46/h8-17,20,22-23,26,32,42,46H,4-7,18-19,21,24-25H2,1-3H3/t32-/m0/s1. The monoisotopic (exact) mass is 688 g/mol. The molecule has 11 heteroatoms. The van der Waals surface area contributed by atoms with Crippen molar-refractivity contribution >= 4 is 32.4 Å². The molecule has 0 unspecified atom stereocenters. The number of fused-ring (bicyclic) bond motifs is 1. The van der Waals surface area contributed by atoms with E-state index >= 15 is 0 Å². The van der Waals surface area contributed by atoms with Gasteiger partial charge in [-0.3, -0.25) is 9.59 Å². The summed E-state index contributed by atoms with van der Waals surface area (Å²) in [4.78, 5) is 39.5. The molecule has 2 radical (unpaired) electrons. The second kappa shape index (κ2) is 16.1. The van der Waals surface area contributed by atoms with E-state index in [1.165, 1.54) is 6.39 Å². The lowest BCUT2D eigenvalue weighted by atomic mass is 9.93. The van der Waals surface area contributed by atoms with Crippen molar-refractivity contribution in [2.45, 2.75) is 65.5 Å². The van der Waals surface area contributed by atoms with E-state index < -0.39 is 0 Å². The molecule has 50 heavy (non-hydrogen) atoms. The van der Waals surface area contributed by atoms with E-state index in [2.05, 4.69) is 29.9 Å². The third-order valence-electron chi connectivity index (χ3n) is 9.19. The number of nitrogens with zero attached hydrogens (tertiary/aromatic N) is 5. The summed E-state index contributed by atoms with van der Waals surface area (Å²) in [7, 11) is 0.235. The highest BCUT2D eigenvalue weighted by Gasteiger charge is 2.32. The summed E-state index contributed by atoms with van der Waals surface area (Å²) in [5.41, 5.74) is 6.08. The van der Waals surface area contributed by atoms with E-state index in [-0.39, 0.29) is 34.1 Å². The van der Waals surface area contributed by atoms with Gasteiger partial charge in [-0.05, 0) is 66.8 Å². The molecule has 0 aliphatic carbocycles. The number of aryl methyl sites for hydroxylation is 1. The van der Waals surface area contributed by atoms with Crippen molar-refractivity contribution in [2.24, 2.45) is 0 Å². The summed E-state index contributed by atoms with van der Waals surface area (Å²) < 4.78 is 7.13. The molecule has 0 spiro atoms. The Balaban J connectivity index is 1.32. The first-order valence-electron chi connectivity index (χ1n) is 17.4. The van der Waals surface area contributed by atoms with Crippen LogP contribution in [-0.4, -0.2) is 76.9 Å². The summed E-state index contributed by atoms with van der Waals surface area (Å²) in [5.74, 6) is 0.414. The minimum atomic E-state index is -0.367. The molecule has 1 aliphatic heterocycles. The second-order valence-electron chi connectivity index (χ2n) is 12.7. The largest absolute Gasteiger partial charge is 0.444 e. The molecule has 6 rings (SSSR count). The Labute approximate surface area is 296 Å². The van der Waals surface area contributed by atoms with E-state index in [0.29, 0.717) is 48.8 Å². The van der Waals surface area contributed by atoms with Gasteiger partial charge in [0.05, 0.1) is 30.1 Å². The average Bonchev–Trinajstić information content (AvgIpc) is 3.83. The van der Waals surface area contributed by atoms with Crippen LogP contribution >= 0.6 is 0 Å². The maximum atomic E-state index is 14.6. The lowest BCUT2D eigenvalue weighted by Gasteiger charge is -2.36. The van der Waals surface area contributed by atoms with Crippen LogP contribution in [0.1, 0.15) is 77.2 Å². The van der Waals surface area contributed by atoms with Crippen LogP contribution in [0.4, 0.5) is 5.69 Å². The van der Waals surface area contributed by atoms with Gasteiger partial charge in [-0.1, -0.05) is 75.2 Å². The zero-order valence-electron chi connectivity index (χ0n) is 28.9. The number of hydrogen-bond donors (Lipinski definition) is 2. The van der Waals surface area contributed by atoms with Crippen LogP contribution in [0.25, 0.3) is 17.0 Å². The molecule has 5 aromatic rings. The highest BCUT2D eigenvalue weighted by atomic mass is 28.2. The summed E-state index contributed by atoms with van der Waals surface area (Å²) in [5, 5.41) is 16.3. The van der Waals surface area contributed by atoms with Gasteiger partial charge in [-0.2, -0.15) is 5.10 Å². The van der Waals surface area contributed by atoms with Gasteiger partial charge >= 0.3 is 0 Å². The quantitative estimate of drug-likeness (QED) is 0.142. The van der Waals surface area contributed by atoms with Crippen molar-refractivity contribution in [3.63, 3.8) is 0 Å². The Morgan fingerprint density at radius 2 is 1.74 bits per heavy atom. The third kappa shape index (κ3) is 7.74. The van der Waals surface area contributed by atoms with Crippen molar-refractivity contribution < 1.29 is 19.1 Å². The maximum Gasteiger partial charge on any atom is 0.274 e. The van der Waals surface area contributed by atoms with Gasteiger partial charge in [0.25, 0.3) is 11.8 Å². The van der Waals surface area contributed by atoms with Crippen molar-refractivity contribution in [3.05, 3.63) is 113 Å². The number of aromatic nitrogens is 3. The molecule has 1 aliphatic rings. The number of carbonyl (C=O) groups excluding carboxylic acids is 2. The summed E-state index contributed by atoms with van der Waals surface area (Å²) >= 11 is 0. The lowest BCUT2D eigenvalue weighted by molar-refractivity contribution is 0.0544. The molecule has 258 valence electrons. The molecule has 0 bridgehead atoms. The Kier molecular flexibility index (Phi) is 11.2. The van der Waals surface area contributed by atoms with Crippen LogP contribution < -0.4 is 10.2 Å². The number of oxazole rings is 1. The van der Waals surface area contributed by atoms with Crippen molar-refractivity contribution in [1.82, 2.24) is 24.6 Å². The number of aliphatic hydroxyl groups is 1. The maximum absolute atomic E-state index is 14.6. The predicted molar refractivity (Wildman–Crippen MR) is 196 cm³/mol. The first kappa shape index (κ1) is 34.8. The third-order valence-corrected chi connectivity index (χ3v) is 10.2. The van der Waals surface area contributed by atoms with Gasteiger partial charge in [0.1, 0.15) is 0 Å². The number of amides is 2. The number of carbonyl (C=O) groups is 2. The molecule has 0 saturated carbocycles. The van der Waals surface area contributed by atoms with Gasteiger partial charge in [0.15, 0.2) is 17.8 Å². The Morgan fingerprint density at radius 1 is 1.00 bits per heavy atom. The van der Waals surface area contributed by atoms with E-state index in [9.17, 15) is 14.7 Å². The van der Waals surface area contributed by atoms with Crippen LogP contribution in [0.5, 0.6) is 0 Å². The van der Waals surface area contributed by atoms with Crippen molar-refractivity contribution in [2.75, 3.05) is 24.7 Å². The van der Waals surface area contributed by atoms with E-state index in [1.54, 1.807) is 15.8 Å². The number of nitrogens with one attached hydrogen (secondary N) is 1. The molecule has 1 atom stereocenters. The van der Waals surface area contributed by atoms with Crippen molar-refractivity contribution in [1.29, 1.82) is 0 Å². The fraction of sp³-hybridized carbons (Fsp3) is 0.333. The summed E-state index contributed by atoms with van der Waals surface area (Å²) in [6.07, 6.45) is 7.53. The van der Waals surface area contributed by atoms with Crippen LogP contribution in [0.15, 0.2) is 89.8 Å². The fourth-order valence-electron chi connectivity index (χ4n) is 6.33. The van der Waals surface area contributed by atoms with Gasteiger partial charge in [-0.25, -0.2) is 9.67 Å². The van der Waals surface area contributed by atoms with E-state index in [4.69, 9.17) is 9.52 Å². The molecule has 2 amide bonds. The minimum Gasteiger partial charge on any atom is -0.444 e. The molecule has 2 N–H and O–H groups in total. The second-order valence-corrected chi connectivity index (χ2v) is 13.8. The number of aliphatic hydroxyl groups excluding tert-OH is 1. The Morgan fingerprint density at radius 3 is 2.42 bits per heavy atom. The molecule has 3 heterocycles. The van der Waals surface area contributed by atoms with Gasteiger partial charge < -0.3 is 24.3 Å². The number of benzene rings is 3. The number of unbranched alkanes of at least 4 members (excludes halogenated alkanes) is 2. The summed E-state index contributed by atoms with van der Waals surface area (Å²) in [6.45, 7) is 7.77. The van der Waals surface area contributed by atoms with Crippen LogP contribution in [0.2, 0.25) is 0 Å². The lowest BCUT2D eigenvalue weighted by Crippen LogP contribution is -2.46. The Bertz CT molecular complexity index is 1900. The zero-order chi connectivity index (χ0) is 35.0. The molecular formula is C39H44N6O4Si. The fourth-order valence-corrected chi connectivity index (χ4v) is 7.11. The molecular weight excluding hydrogens is 645 g/mol. The van der Waals surface area contributed by atoms with Crippen LogP contribution in [-0.2, 0) is 13.0 Å². The van der Waals surface area contributed by atoms with Gasteiger partial charge in [-0.15, -0.1) is 0 Å². The first-order chi connectivity index (χ1) is 24.4. The predicted octanol–water partition coefficient (Wildman–Crippen LogP) is 5.79. The van der Waals surface area contributed by atoms with Crippen LogP contribution in [0, 0.1) is 6.92 Å². The van der Waals surface area contributed by atoms with Gasteiger partial charge in [0.2, 0.25) is 9.68 Å². The zero-order valence-corrected chi connectivity index (χ0v) is 29.9. The highest BCUT2D eigenvalue weighted by Crippen LogP contribution is 2.29. The number of hydrogen-bond acceptors (Lipinski definition) is 7. The summed E-state index contributed by atoms with van der Waals surface area (Å²) in [6, 6.07) is 23.3. The van der Waals surface area contributed by atoms with Gasteiger partial charge in [0, 0.05) is 36.6 Å². The number of rotatable bonds is 14. The minimum absolute atomic E-state index is 0.0941. The van der Waals surface area contributed by atoms with E-state index in [0.717, 1.165) is 58.9 Å². The molecule has 10 nitrogen and oxygen atoms in total. The Hall–Kier alpha value is -5.00. The molecule has 3 aromatic carbocycles. The molecule has 2 aromatic heterocycles. The first-order valence-corrected chi connectivity index (χ1v) is 18.4. The highest BCUT2D eigenvalue weighted by molar-refractivity contribution is 6.56. The molecule has 0 saturated heterocycles. The van der Waals surface area contributed by atoms with Crippen LogP contribution in [0.3, 0.4) is 0 Å². The molecule has 0 fully saturated rings. The smallest absolute Gasteiger partial charge is 0.274 e. The topological polar surface area (TPSA) is 117 Å². The number of anilines is 1. The average molecular weight is 689 g/mol.